The third kappa shape index (κ3) is 4.80. The van der Waals surface area contributed by atoms with Gasteiger partial charge in [0.05, 0.1) is 11.7 Å². The first-order valence-electron chi connectivity index (χ1n) is 12.3. The van der Waals surface area contributed by atoms with Crippen molar-refractivity contribution in [1.29, 1.82) is 0 Å². The van der Waals surface area contributed by atoms with Crippen molar-refractivity contribution in [2.24, 2.45) is 22.9 Å². The summed E-state index contributed by atoms with van der Waals surface area (Å²) in [6.45, 7) is 8.55. The average molecular weight is 515 g/mol. The zero-order valence-corrected chi connectivity index (χ0v) is 21.8. The minimum Gasteiger partial charge on any atom is -0.352 e. The third-order valence-electron chi connectivity index (χ3n) is 6.98. The molecule has 0 amide bonds. The van der Waals surface area contributed by atoms with Crippen LogP contribution in [0.15, 0.2) is 71.4 Å². The molecule has 4 aromatic rings. The topological polar surface area (TPSA) is 106 Å². The molecule has 3 aromatic heterocycles. The summed E-state index contributed by atoms with van der Waals surface area (Å²) in [6.07, 6.45) is 9.23. The molecule has 0 bridgehead atoms. The van der Waals surface area contributed by atoms with E-state index in [1.807, 2.05) is 32.6 Å². The van der Waals surface area contributed by atoms with Crippen LogP contribution >= 0.6 is 0 Å². The second-order valence-electron chi connectivity index (χ2n) is 9.50. The highest BCUT2D eigenvalue weighted by Crippen LogP contribution is 2.27. The summed E-state index contributed by atoms with van der Waals surface area (Å²) in [7, 11) is 3.68. The fraction of sp³-hybridized carbons (Fsp3) is 0.296. The van der Waals surface area contributed by atoms with E-state index in [2.05, 4.69) is 47.7 Å². The van der Waals surface area contributed by atoms with E-state index in [4.69, 9.17) is 5.73 Å². The monoisotopic (exact) mass is 514 g/mol. The van der Waals surface area contributed by atoms with Crippen LogP contribution in [0.5, 0.6) is 0 Å². The van der Waals surface area contributed by atoms with Gasteiger partial charge in [-0.3, -0.25) is 9.67 Å². The molecule has 0 unspecified atom stereocenters. The van der Waals surface area contributed by atoms with E-state index in [0.717, 1.165) is 60.0 Å². The van der Waals surface area contributed by atoms with Gasteiger partial charge in [0.25, 0.3) is 0 Å². The predicted octanol–water partition coefficient (Wildman–Crippen LogP) is 2.70. The smallest absolute Gasteiger partial charge is 0.225 e. The highest BCUT2D eigenvalue weighted by atomic mass is 19.1. The van der Waals surface area contributed by atoms with E-state index in [-0.39, 0.29) is 5.82 Å². The van der Waals surface area contributed by atoms with Crippen molar-refractivity contribution < 1.29 is 4.39 Å². The lowest BCUT2D eigenvalue weighted by atomic mass is 9.87. The molecule has 1 aliphatic heterocycles. The van der Waals surface area contributed by atoms with Crippen LogP contribution < -0.4 is 10.6 Å². The van der Waals surface area contributed by atoms with Crippen molar-refractivity contribution in [3.63, 3.8) is 0 Å². The highest BCUT2D eigenvalue weighted by Gasteiger charge is 2.27. The van der Waals surface area contributed by atoms with Crippen LogP contribution in [0.3, 0.4) is 0 Å². The molecule has 0 saturated carbocycles. The van der Waals surface area contributed by atoms with Crippen LogP contribution in [0.4, 0.5) is 10.3 Å². The number of benzene rings is 1. The molecule has 1 aliphatic rings. The Hall–Kier alpha value is -4.38. The molecule has 38 heavy (non-hydrogen) atoms. The Kier molecular flexibility index (Phi) is 6.77. The number of aliphatic imine (C=N–C) groups is 1. The molecule has 1 saturated heterocycles. The van der Waals surface area contributed by atoms with Crippen LogP contribution in [-0.2, 0) is 12.6 Å². The van der Waals surface area contributed by atoms with Gasteiger partial charge in [0.15, 0.2) is 0 Å². The van der Waals surface area contributed by atoms with E-state index in [1.165, 1.54) is 12.1 Å². The second kappa shape index (κ2) is 10.2. The molecule has 0 aliphatic carbocycles. The zero-order chi connectivity index (χ0) is 26.9. The highest BCUT2D eigenvalue weighted by molar-refractivity contribution is 5.99. The molecule has 196 valence electrons. The van der Waals surface area contributed by atoms with Crippen molar-refractivity contribution in [1.82, 2.24) is 29.3 Å². The zero-order valence-electron chi connectivity index (χ0n) is 21.8. The van der Waals surface area contributed by atoms with Gasteiger partial charge in [-0.2, -0.15) is 10.2 Å². The van der Waals surface area contributed by atoms with Crippen molar-refractivity contribution >= 4 is 18.5 Å². The van der Waals surface area contributed by atoms with Gasteiger partial charge in [-0.1, -0.05) is 12.1 Å². The molecule has 1 aromatic carbocycles. The molecule has 11 heteroatoms. The van der Waals surface area contributed by atoms with Crippen LogP contribution in [0.25, 0.3) is 11.1 Å². The number of nitrogens with zero attached hydrogens (tertiary/aromatic N) is 9. The second-order valence-corrected chi connectivity index (χ2v) is 9.50. The van der Waals surface area contributed by atoms with Gasteiger partial charge in [-0.25, -0.2) is 19.0 Å². The first kappa shape index (κ1) is 25.3. The van der Waals surface area contributed by atoms with Gasteiger partial charge in [0, 0.05) is 88.5 Å². The molecule has 4 heterocycles. The summed E-state index contributed by atoms with van der Waals surface area (Å²) >= 11 is 0. The van der Waals surface area contributed by atoms with Crippen molar-refractivity contribution in [2.75, 3.05) is 38.1 Å². The third-order valence-corrected chi connectivity index (χ3v) is 6.98. The summed E-state index contributed by atoms with van der Waals surface area (Å²) in [5, 5.41) is 8.45. The Morgan fingerprint density at radius 2 is 1.68 bits per heavy atom. The number of anilines is 1. The SMILES string of the molecule is C=Nn1cc(-c2cnn(C)c2)cc1/C(=N\C)N1CCN(c2ncc([C@](C)(N)c3ccc(F)cc3)cn2)CC1. The minimum absolute atomic E-state index is 0.297. The maximum atomic E-state index is 13.3. The fourth-order valence-corrected chi connectivity index (χ4v) is 4.72. The van der Waals surface area contributed by atoms with E-state index >= 15 is 0 Å². The number of piperazine rings is 1. The van der Waals surface area contributed by atoms with Gasteiger partial charge >= 0.3 is 0 Å². The van der Waals surface area contributed by atoms with Crippen molar-refractivity contribution in [3.8, 4) is 11.1 Å². The lowest BCUT2D eigenvalue weighted by Gasteiger charge is -2.36. The lowest BCUT2D eigenvalue weighted by Crippen LogP contribution is -2.49. The summed E-state index contributed by atoms with van der Waals surface area (Å²) in [5.74, 6) is 1.20. The number of hydrogen-bond acceptors (Lipinski definition) is 7. The number of aryl methyl sites for hydroxylation is 1. The molecule has 1 atom stereocenters. The van der Waals surface area contributed by atoms with E-state index in [1.54, 1.807) is 40.9 Å². The maximum Gasteiger partial charge on any atom is 0.225 e. The number of nitrogens with two attached hydrogens (primary N) is 1. The first-order valence-corrected chi connectivity index (χ1v) is 12.3. The molecule has 5 rings (SSSR count). The van der Waals surface area contributed by atoms with Gasteiger partial charge in [0.1, 0.15) is 17.3 Å². The number of halogens is 1. The van der Waals surface area contributed by atoms with Crippen molar-refractivity contribution in [3.05, 3.63) is 84.0 Å². The number of aromatic nitrogens is 5. The summed E-state index contributed by atoms with van der Waals surface area (Å²) < 4.78 is 16.9. The maximum absolute atomic E-state index is 13.3. The van der Waals surface area contributed by atoms with Gasteiger partial charge in [-0.05, 0) is 30.7 Å². The molecular formula is C27H31FN10. The number of rotatable bonds is 6. The van der Waals surface area contributed by atoms with Crippen LogP contribution in [0, 0.1) is 5.82 Å². The van der Waals surface area contributed by atoms with Gasteiger partial charge in [-0.15, -0.1) is 0 Å². The molecule has 10 nitrogen and oxygen atoms in total. The lowest BCUT2D eigenvalue weighted by molar-refractivity contribution is 0.381. The molecule has 2 N–H and O–H groups in total. The predicted molar refractivity (Wildman–Crippen MR) is 147 cm³/mol. The quantitative estimate of drug-likeness (QED) is 0.313. The molecule has 1 fully saturated rings. The Bertz CT molecular complexity index is 1440. The van der Waals surface area contributed by atoms with Crippen LogP contribution in [0.1, 0.15) is 23.7 Å². The van der Waals surface area contributed by atoms with Gasteiger partial charge < -0.3 is 15.5 Å². The first-order chi connectivity index (χ1) is 18.3. The molecule has 0 radical (unpaired) electrons. The Morgan fingerprint density at radius 1 is 1.00 bits per heavy atom. The Balaban J connectivity index is 1.28. The van der Waals surface area contributed by atoms with Crippen molar-refractivity contribution in [2.45, 2.75) is 12.5 Å². The fourth-order valence-electron chi connectivity index (χ4n) is 4.72. The Labute approximate surface area is 220 Å². The van der Waals surface area contributed by atoms with E-state index in [9.17, 15) is 4.39 Å². The van der Waals surface area contributed by atoms with Gasteiger partial charge in [0.2, 0.25) is 5.95 Å². The largest absolute Gasteiger partial charge is 0.352 e. The standard InChI is InChI=1S/C27H31FN10/c1-27(29,21-5-7-23(28)8-6-21)22-15-32-26(33-16-22)37-11-9-36(10-12-37)25(30-2)24-13-19(18-38(24)31-3)20-14-34-35(4)17-20/h5-8,13-18H,3,9-12,29H2,1-2,4H3/b30-25+/t27-/m1/s1. The normalized spacial score (nSPS) is 16.0. The van der Waals surface area contributed by atoms with Crippen LogP contribution in [0.2, 0.25) is 0 Å². The summed E-state index contributed by atoms with van der Waals surface area (Å²) in [6, 6.07) is 8.25. The number of amidine groups is 1. The van der Waals surface area contributed by atoms with Crippen LogP contribution in [-0.4, -0.2) is 75.1 Å². The minimum atomic E-state index is -0.833. The summed E-state index contributed by atoms with van der Waals surface area (Å²) in [4.78, 5) is 18.2. The average Bonchev–Trinajstić information content (AvgIpc) is 3.56. The number of hydrogen-bond donors (Lipinski definition) is 1. The Morgan fingerprint density at radius 3 is 2.26 bits per heavy atom. The van der Waals surface area contributed by atoms with E-state index in [0.29, 0.717) is 5.95 Å². The summed E-state index contributed by atoms with van der Waals surface area (Å²) in [5.41, 5.74) is 10.2. The van der Waals surface area contributed by atoms with E-state index < -0.39 is 5.54 Å². The molecular weight excluding hydrogens is 483 g/mol. The molecule has 0 spiro atoms.